The van der Waals surface area contributed by atoms with Gasteiger partial charge in [-0.3, -0.25) is 0 Å². The van der Waals surface area contributed by atoms with Crippen molar-refractivity contribution in [2.75, 3.05) is 0 Å². The maximum atomic E-state index is 4.71. The van der Waals surface area contributed by atoms with Crippen LogP contribution < -0.4 is 0 Å². The minimum atomic E-state index is 0. The predicted octanol–water partition coefficient (Wildman–Crippen LogP) is 1.59. The molecule has 0 unspecified atom stereocenters. The first-order valence-electron chi connectivity index (χ1n) is 1.88. The van der Waals surface area contributed by atoms with Crippen molar-refractivity contribution < 1.29 is 20.9 Å². The number of aryl methyl sites for hydroxylation is 1. The second-order valence-corrected chi connectivity index (χ2v) is 1.30. The van der Waals surface area contributed by atoms with Crippen molar-refractivity contribution in [3.63, 3.8) is 0 Å². The van der Waals surface area contributed by atoms with Gasteiger partial charge < -0.3 is 4.42 Å². The number of hydrogen-bond donors (Lipinski definition) is 0. The Kier molecular flexibility index (Phi) is 2.77. The Morgan fingerprint density at radius 1 is 1.57 bits per heavy atom. The van der Waals surface area contributed by atoms with Crippen molar-refractivity contribution in [2.45, 2.75) is 6.92 Å². The fraction of sp³-hybridized carbons (Fsp3) is 0.200. The Hall–Kier alpha value is -0.226. The molecule has 0 saturated carbocycles. The van der Waals surface area contributed by atoms with Crippen molar-refractivity contribution >= 4 is 0 Å². The third-order valence-corrected chi connectivity index (χ3v) is 0.663. The van der Waals surface area contributed by atoms with Gasteiger partial charge in [0.05, 0.1) is 12.5 Å². The molecule has 0 radical (unpaired) electrons. The van der Waals surface area contributed by atoms with Crippen LogP contribution in [0.2, 0.25) is 0 Å². The van der Waals surface area contributed by atoms with Crippen LogP contribution in [-0.4, -0.2) is 0 Å². The van der Waals surface area contributed by atoms with E-state index in [9.17, 15) is 0 Å². The van der Waals surface area contributed by atoms with E-state index in [1.54, 1.807) is 12.5 Å². The summed E-state index contributed by atoms with van der Waals surface area (Å²) in [5, 5.41) is 0. The summed E-state index contributed by atoms with van der Waals surface area (Å²) in [5.41, 5.74) is 1.18. The molecule has 1 aromatic rings. The Bertz CT molecular complexity index is 112. The smallest absolute Gasteiger partial charge is 0.0931 e. The van der Waals surface area contributed by atoms with Crippen molar-refractivity contribution in [1.82, 2.24) is 0 Å². The number of furan rings is 1. The van der Waals surface area contributed by atoms with E-state index in [-0.39, 0.29) is 16.5 Å². The summed E-state index contributed by atoms with van der Waals surface area (Å²) < 4.78 is 4.71. The zero-order valence-corrected chi connectivity index (χ0v) is 4.94. The summed E-state index contributed by atoms with van der Waals surface area (Å²) in [6, 6.07) is 1.92. The number of hydrogen-bond acceptors (Lipinski definition) is 1. The normalized spacial score (nSPS) is 7.57. The summed E-state index contributed by atoms with van der Waals surface area (Å²) >= 11 is 0. The first-order chi connectivity index (χ1) is 2.89. The molecule has 0 spiro atoms. The van der Waals surface area contributed by atoms with Gasteiger partial charge in [-0.15, -0.1) is 0 Å². The third-order valence-electron chi connectivity index (χ3n) is 0.663. The van der Waals surface area contributed by atoms with E-state index >= 15 is 0 Å². The molecular weight excluding hydrogens is 135 g/mol. The first-order valence-corrected chi connectivity index (χ1v) is 1.88. The second-order valence-electron chi connectivity index (χ2n) is 1.30. The van der Waals surface area contributed by atoms with Crippen LogP contribution in [0.25, 0.3) is 0 Å². The van der Waals surface area contributed by atoms with Gasteiger partial charge in [-0.25, -0.2) is 0 Å². The SMILES string of the molecule is Cc1ccoc1.[Ni]. The molecule has 7 heavy (non-hydrogen) atoms. The predicted molar refractivity (Wildman–Crippen MR) is 23.4 cm³/mol. The Morgan fingerprint density at radius 3 is 2.43 bits per heavy atom. The van der Waals surface area contributed by atoms with Gasteiger partial charge in [0.25, 0.3) is 0 Å². The van der Waals surface area contributed by atoms with E-state index in [1.807, 2.05) is 13.0 Å². The molecule has 0 aliphatic heterocycles. The molecule has 1 nitrogen and oxygen atoms in total. The molecule has 1 aromatic heterocycles. The summed E-state index contributed by atoms with van der Waals surface area (Å²) in [6.07, 6.45) is 3.37. The van der Waals surface area contributed by atoms with Gasteiger partial charge in [-0.2, -0.15) is 0 Å². The molecule has 0 atom stereocenters. The molecule has 42 valence electrons. The van der Waals surface area contributed by atoms with Gasteiger partial charge >= 0.3 is 0 Å². The summed E-state index contributed by atoms with van der Waals surface area (Å²) in [7, 11) is 0. The van der Waals surface area contributed by atoms with Crippen LogP contribution in [0, 0.1) is 6.92 Å². The van der Waals surface area contributed by atoms with Crippen LogP contribution in [0.15, 0.2) is 23.0 Å². The van der Waals surface area contributed by atoms with Crippen LogP contribution >= 0.6 is 0 Å². The maximum absolute atomic E-state index is 4.71. The molecule has 0 aliphatic rings. The van der Waals surface area contributed by atoms with Crippen molar-refractivity contribution in [3.05, 3.63) is 24.2 Å². The minimum Gasteiger partial charge on any atom is -0.472 e. The van der Waals surface area contributed by atoms with Gasteiger partial charge in [0.1, 0.15) is 0 Å². The van der Waals surface area contributed by atoms with Crippen LogP contribution in [0.4, 0.5) is 0 Å². The van der Waals surface area contributed by atoms with E-state index in [2.05, 4.69) is 0 Å². The molecule has 0 saturated heterocycles. The summed E-state index contributed by atoms with van der Waals surface area (Å²) in [4.78, 5) is 0. The molecule has 0 aromatic carbocycles. The first kappa shape index (κ1) is 6.77. The molecule has 1 heterocycles. The van der Waals surface area contributed by atoms with Gasteiger partial charge in [0, 0.05) is 16.5 Å². The Morgan fingerprint density at radius 2 is 2.29 bits per heavy atom. The quantitative estimate of drug-likeness (QED) is 0.499. The van der Waals surface area contributed by atoms with Crippen LogP contribution in [0.5, 0.6) is 0 Å². The molecule has 1 rings (SSSR count). The molecule has 0 N–H and O–H groups in total. The van der Waals surface area contributed by atoms with Gasteiger partial charge in [-0.1, -0.05) is 0 Å². The molecule has 0 amide bonds. The monoisotopic (exact) mass is 140 g/mol. The molecule has 0 fully saturated rings. The molecular formula is C5H6NiO. The van der Waals surface area contributed by atoms with Crippen LogP contribution in [0.1, 0.15) is 5.56 Å². The zero-order chi connectivity index (χ0) is 4.41. The fourth-order valence-corrected chi connectivity index (χ4v) is 0.333. The fourth-order valence-electron chi connectivity index (χ4n) is 0.333. The zero-order valence-electron chi connectivity index (χ0n) is 3.96. The molecule has 0 aliphatic carbocycles. The van der Waals surface area contributed by atoms with Crippen molar-refractivity contribution in [3.8, 4) is 0 Å². The average molecular weight is 141 g/mol. The van der Waals surface area contributed by atoms with Gasteiger partial charge in [0.2, 0.25) is 0 Å². The third kappa shape index (κ3) is 1.79. The topological polar surface area (TPSA) is 13.1 Å². The summed E-state index contributed by atoms with van der Waals surface area (Å²) in [6.45, 7) is 1.99. The Balaban J connectivity index is 0.000000360. The van der Waals surface area contributed by atoms with Crippen molar-refractivity contribution in [2.24, 2.45) is 0 Å². The molecule has 2 heteroatoms. The second kappa shape index (κ2) is 2.87. The largest absolute Gasteiger partial charge is 0.472 e. The van der Waals surface area contributed by atoms with Gasteiger partial charge in [0.15, 0.2) is 0 Å². The molecule has 0 bridgehead atoms. The van der Waals surface area contributed by atoms with E-state index in [4.69, 9.17) is 4.42 Å². The van der Waals surface area contributed by atoms with Crippen molar-refractivity contribution in [1.29, 1.82) is 0 Å². The van der Waals surface area contributed by atoms with E-state index in [0.29, 0.717) is 0 Å². The Labute approximate surface area is 52.6 Å². The van der Waals surface area contributed by atoms with E-state index in [1.165, 1.54) is 5.56 Å². The van der Waals surface area contributed by atoms with E-state index in [0.717, 1.165) is 0 Å². The average Bonchev–Trinajstić information content (AvgIpc) is 1.86. The minimum absolute atomic E-state index is 0. The standard InChI is InChI=1S/C5H6O.Ni/c1-5-2-3-6-4-5;/h2-4H,1H3;. The van der Waals surface area contributed by atoms with Crippen LogP contribution in [-0.2, 0) is 16.5 Å². The van der Waals surface area contributed by atoms with Gasteiger partial charge in [-0.05, 0) is 18.6 Å². The maximum Gasteiger partial charge on any atom is 0.0931 e. The summed E-state index contributed by atoms with van der Waals surface area (Å²) in [5.74, 6) is 0. The van der Waals surface area contributed by atoms with E-state index < -0.39 is 0 Å². The number of rotatable bonds is 0. The van der Waals surface area contributed by atoms with Crippen LogP contribution in [0.3, 0.4) is 0 Å².